The summed E-state index contributed by atoms with van der Waals surface area (Å²) in [4.78, 5) is 12.3. The number of nitrogens with one attached hydrogen (secondary N) is 1. The summed E-state index contributed by atoms with van der Waals surface area (Å²) in [6.07, 6.45) is 0.499. The molecule has 20 heavy (non-hydrogen) atoms. The maximum absolute atomic E-state index is 13.0. The Morgan fingerprint density at radius 2 is 2.05 bits per heavy atom. The van der Waals surface area contributed by atoms with E-state index in [-0.39, 0.29) is 30.2 Å². The minimum absolute atomic E-state index is 0.0133. The molecule has 0 spiro atoms. The van der Waals surface area contributed by atoms with Crippen LogP contribution in [0.3, 0.4) is 0 Å². The van der Waals surface area contributed by atoms with Crippen LogP contribution < -0.4 is 5.32 Å². The van der Waals surface area contributed by atoms with Gasteiger partial charge in [0.05, 0.1) is 5.75 Å². The van der Waals surface area contributed by atoms with E-state index in [0.717, 1.165) is 23.9 Å². The number of carbonyl (C=O) groups is 1. The molecule has 1 aromatic carbocycles. The van der Waals surface area contributed by atoms with E-state index in [1.54, 1.807) is 0 Å². The van der Waals surface area contributed by atoms with Crippen LogP contribution in [0.4, 0.5) is 8.78 Å². The summed E-state index contributed by atoms with van der Waals surface area (Å²) in [6, 6.07) is 3.46. The van der Waals surface area contributed by atoms with E-state index in [2.05, 4.69) is 5.32 Å². The van der Waals surface area contributed by atoms with Gasteiger partial charge in [0.1, 0.15) is 0 Å². The lowest BCUT2D eigenvalue weighted by Crippen LogP contribution is -2.40. The summed E-state index contributed by atoms with van der Waals surface area (Å²) >= 11 is 1.14. The fourth-order valence-electron chi connectivity index (χ4n) is 1.68. The number of aliphatic hydroxyl groups is 1. The molecule has 1 rings (SSSR count). The van der Waals surface area contributed by atoms with Gasteiger partial charge in [0.2, 0.25) is 5.91 Å². The Kier molecular flexibility index (Phi) is 6.95. The van der Waals surface area contributed by atoms with Crippen molar-refractivity contribution < 1.29 is 18.7 Å². The standard InChI is InChI=1S/C14H19F2NO2S/c1-9(2)13(5-6-18)17-14(19)8-20-10-3-4-11(15)12(16)7-10/h3-4,7,9,13,18H,5-6,8H2,1-2H3,(H,17,19). The van der Waals surface area contributed by atoms with Crippen molar-refractivity contribution in [1.29, 1.82) is 0 Å². The molecule has 2 N–H and O–H groups in total. The van der Waals surface area contributed by atoms with Gasteiger partial charge in [-0.25, -0.2) is 8.78 Å². The maximum Gasteiger partial charge on any atom is 0.230 e. The van der Waals surface area contributed by atoms with Gasteiger partial charge in [-0.1, -0.05) is 13.8 Å². The van der Waals surface area contributed by atoms with Crippen LogP contribution in [-0.2, 0) is 4.79 Å². The minimum Gasteiger partial charge on any atom is -0.396 e. The molecule has 0 bridgehead atoms. The zero-order chi connectivity index (χ0) is 15.1. The number of benzene rings is 1. The molecule has 0 aliphatic carbocycles. The molecule has 0 aliphatic heterocycles. The SMILES string of the molecule is CC(C)C(CCO)NC(=O)CSc1ccc(F)c(F)c1. The third kappa shape index (κ3) is 5.46. The quantitative estimate of drug-likeness (QED) is 0.761. The molecule has 1 unspecified atom stereocenters. The first-order chi connectivity index (χ1) is 9.43. The first-order valence-electron chi connectivity index (χ1n) is 6.42. The zero-order valence-electron chi connectivity index (χ0n) is 11.5. The summed E-state index contributed by atoms with van der Waals surface area (Å²) in [5.41, 5.74) is 0. The number of hydrogen-bond acceptors (Lipinski definition) is 3. The number of halogens is 2. The summed E-state index contributed by atoms with van der Waals surface area (Å²) in [5.74, 6) is -1.66. The molecule has 0 aromatic heterocycles. The Labute approximate surface area is 121 Å². The Morgan fingerprint density at radius 3 is 2.60 bits per heavy atom. The highest BCUT2D eigenvalue weighted by atomic mass is 32.2. The summed E-state index contributed by atoms with van der Waals surface area (Å²) < 4.78 is 25.8. The first-order valence-corrected chi connectivity index (χ1v) is 7.40. The summed E-state index contributed by atoms with van der Waals surface area (Å²) in [5, 5.41) is 11.8. The van der Waals surface area contributed by atoms with Crippen molar-refractivity contribution in [2.24, 2.45) is 5.92 Å². The number of hydrogen-bond donors (Lipinski definition) is 2. The van der Waals surface area contributed by atoms with Gasteiger partial charge >= 0.3 is 0 Å². The van der Waals surface area contributed by atoms with Gasteiger partial charge in [0.25, 0.3) is 0 Å². The Bertz CT molecular complexity index is 455. The third-order valence-electron chi connectivity index (χ3n) is 2.85. The van der Waals surface area contributed by atoms with Crippen molar-refractivity contribution in [3.63, 3.8) is 0 Å². The van der Waals surface area contributed by atoms with Gasteiger partial charge in [-0.15, -0.1) is 11.8 Å². The van der Waals surface area contributed by atoms with Crippen LogP contribution in [0.5, 0.6) is 0 Å². The maximum atomic E-state index is 13.0. The van der Waals surface area contributed by atoms with Crippen LogP contribution in [0.1, 0.15) is 20.3 Å². The van der Waals surface area contributed by atoms with Gasteiger partial charge in [0.15, 0.2) is 11.6 Å². The largest absolute Gasteiger partial charge is 0.396 e. The monoisotopic (exact) mass is 303 g/mol. The van der Waals surface area contributed by atoms with E-state index in [9.17, 15) is 13.6 Å². The average molecular weight is 303 g/mol. The Morgan fingerprint density at radius 1 is 1.35 bits per heavy atom. The van der Waals surface area contributed by atoms with Crippen LogP contribution in [0.15, 0.2) is 23.1 Å². The van der Waals surface area contributed by atoms with Crippen LogP contribution in [0.25, 0.3) is 0 Å². The summed E-state index contributed by atoms with van der Waals surface area (Å²) in [7, 11) is 0. The van der Waals surface area contributed by atoms with Gasteiger partial charge in [-0.05, 0) is 30.5 Å². The number of rotatable bonds is 7. The lowest BCUT2D eigenvalue weighted by atomic mass is 10.0. The fraction of sp³-hybridized carbons (Fsp3) is 0.500. The Hall–Kier alpha value is -1.14. The molecule has 0 saturated carbocycles. The normalized spacial score (nSPS) is 12.5. The van der Waals surface area contributed by atoms with Crippen molar-refractivity contribution in [2.75, 3.05) is 12.4 Å². The molecule has 0 aliphatic rings. The number of carbonyl (C=O) groups excluding carboxylic acids is 1. The lowest BCUT2D eigenvalue weighted by Gasteiger charge is -2.21. The minimum atomic E-state index is -0.921. The molecule has 3 nitrogen and oxygen atoms in total. The van der Waals surface area contributed by atoms with E-state index < -0.39 is 11.6 Å². The second-order valence-electron chi connectivity index (χ2n) is 4.79. The molecule has 0 saturated heterocycles. The van der Waals surface area contributed by atoms with Gasteiger partial charge in [0, 0.05) is 17.5 Å². The molecule has 1 atom stereocenters. The second-order valence-corrected chi connectivity index (χ2v) is 5.84. The number of amides is 1. The summed E-state index contributed by atoms with van der Waals surface area (Å²) in [6.45, 7) is 3.94. The van der Waals surface area contributed by atoms with Crippen LogP contribution in [-0.4, -0.2) is 29.4 Å². The van der Waals surface area contributed by atoms with Gasteiger partial charge < -0.3 is 10.4 Å². The highest BCUT2D eigenvalue weighted by molar-refractivity contribution is 8.00. The molecule has 112 valence electrons. The Balaban J connectivity index is 2.48. The van der Waals surface area contributed by atoms with Crippen molar-refractivity contribution in [2.45, 2.75) is 31.2 Å². The highest BCUT2D eigenvalue weighted by Gasteiger charge is 2.15. The van der Waals surface area contributed by atoms with Crippen molar-refractivity contribution in [3.8, 4) is 0 Å². The molecule has 0 fully saturated rings. The molecule has 0 radical (unpaired) electrons. The van der Waals surface area contributed by atoms with Crippen LogP contribution in [0.2, 0.25) is 0 Å². The zero-order valence-corrected chi connectivity index (χ0v) is 12.3. The van der Waals surface area contributed by atoms with E-state index in [1.807, 2.05) is 13.8 Å². The second kappa shape index (κ2) is 8.21. The van der Waals surface area contributed by atoms with Crippen molar-refractivity contribution in [3.05, 3.63) is 29.8 Å². The topological polar surface area (TPSA) is 49.3 Å². The predicted octanol–water partition coefficient (Wildman–Crippen LogP) is 2.58. The molecule has 6 heteroatoms. The van der Waals surface area contributed by atoms with Gasteiger partial charge in [-0.3, -0.25) is 4.79 Å². The fourth-order valence-corrected chi connectivity index (χ4v) is 2.41. The third-order valence-corrected chi connectivity index (χ3v) is 3.85. The number of aliphatic hydroxyl groups excluding tert-OH is 1. The van der Waals surface area contributed by atoms with E-state index in [0.29, 0.717) is 11.3 Å². The van der Waals surface area contributed by atoms with Crippen LogP contribution >= 0.6 is 11.8 Å². The van der Waals surface area contributed by atoms with Gasteiger partial charge in [-0.2, -0.15) is 0 Å². The van der Waals surface area contributed by atoms with Crippen molar-refractivity contribution in [1.82, 2.24) is 5.32 Å². The predicted molar refractivity (Wildman–Crippen MR) is 75.6 cm³/mol. The molecule has 0 heterocycles. The molecule has 1 amide bonds. The average Bonchev–Trinajstić information content (AvgIpc) is 2.39. The first kappa shape index (κ1) is 16.9. The van der Waals surface area contributed by atoms with Crippen molar-refractivity contribution >= 4 is 17.7 Å². The smallest absolute Gasteiger partial charge is 0.230 e. The lowest BCUT2D eigenvalue weighted by molar-refractivity contribution is -0.119. The molecular formula is C14H19F2NO2S. The number of thioether (sulfide) groups is 1. The van der Waals surface area contributed by atoms with Crippen LogP contribution in [0, 0.1) is 17.6 Å². The molecule has 1 aromatic rings. The van der Waals surface area contributed by atoms with E-state index in [4.69, 9.17) is 5.11 Å². The molecular weight excluding hydrogens is 284 g/mol. The highest BCUT2D eigenvalue weighted by Crippen LogP contribution is 2.20. The van der Waals surface area contributed by atoms with E-state index >= 15 is 0 Å². The van der Waals surface area contributed by atoms with E-state index in [1.165, 1.54) is 6.07 Å².